The van der Waals surface area contributed by atoms with Gasteiger partial charge in [0.05, 0.1) is 0 Å². The van der Waals surface area contributed by atoms with E-state index in [-0.39, 0.29) is 23.9 Å². The molecule has 32 heavy (non-hydrogen) atoms. The van der Waals surface area contributed by atoms with E-state index < -0.39 is 0 Å². The molecule has 6 aliphatic rings. The Morgan fingerprint density at radius 2 is 1.12 bits per heavy atom. The molecule has 7 rings (SSSR count). The molecule has 2 N–H and O–H groups in total. The van der Waals surface area contributed by atoms with E-state index in [0.717, 1.165) is 101 Å². The lowest BCUT2D eigenvalue weighted by Gasteiger charge is -2.36. The van der Waals surface area contributed by atoms with Crippen LogP contribution in [-0.4, -0.2) is 109 Å². The van der Waals surface area contributed by atoms with Crippen molar-refractivity contribution in [2.75, 3.05) is 76.1 Å². The summed E-state index contributed by atoms with van der Waals surface area (Å²) in [6, 6.07) is 3.70. The Hall–Kier alpha value is -2.00. The van der Waals surface area contributed by atoms with Gasteiger partial charge in [-0.15, -0.1) is 0 Å². The molecule has 1 aromatic carbocycles. The molecule has 6 saturated heterocycles. The third kappa shape index (κ3) is 4.29. The maximum atomic E-state index is 13.1. The highest BCUT2D eigenvalue weighted by atomic mass is 16.2. The van der Waals surface area contributed by atoms with Gasteiger partial charge in [0.2, 0.25) is 11.8 Å². The molecule has 0 spiro atoms. The van der Waals surface area contributed by atoms with E-state index >= 15 is 0 Å². The van der Waals surface area contributed by atoms with E-state index in [2.05, 4.69) is 30.2 Å². The van der Waals surface area contributed by atoms with E-state index in [1.807, 2.05) is 26.0 Å². The van der Waals surface area contributed by atoms with Gasteiger partial charge in [-0.25, -0.2) is 0 Å². The first-order chi connectivity index (χ1) is 15.5. The molecule has 174 valence electrons. The van der Waals surface area contributed by atoms with E-state index in [0.29, 0.717) is 0 Å². The Labute approximate surface area is 190 Å². The first-order valence-corrected chi connectivity index (χ1v) is 12.1. The molecule has 6 unspecified atom stereocenters. The molecule has 0 radical (unpaired) electrons. The number of piperazine rings is 2. The minimum absolute atomic E-state index is 0.0761. The largest absolute Gasteiger partial charge is 0.324 e. The first-order valence-electron chi connectivity index (χ1n) is 12.1. The standard InChI is InChI=1S/C24H36N6O2/c1-17-18(2)20(26-24(32)22-16-28-8-4-10-30(22)14-12-28)6-5-19(17)25-23(31)21-15-27-7-3-9-29(21)13-11-27/h5-6,21-22H,3-4,7-16H2,1-2H3,(H,25,31)(H,26,32). The number of carbonyl (C=O) groups is 2. The maximum absolute atomic E-state index is 13.1. The molecule has 8 nitrogen and oxygen atoms in total. The quantitative estimate of drug-likeness (QED) is 0.727. The zero-order valence-corrected chi connectivity index (χ0v) is 19.4. The zero-order chi connectivity index (χ0) is 22.2. The zero-order valence-electron chi connectivity index (χ0n) is 19.4. The highest BCUT2D eigenvalue weighted by Crippen LogP contribution is 2.28. The topological polar surface area (TPSA) is 71.2 Å². The molecule has 6 heterocycles. The predicted octanol–water partition coefficient (Wildman–Crippen LogP) is 0.960. The van der Waals surface area contributed by atoms with E-state index in [4.69, 9.17) is 0 Å². The number of anilines is 2. The third-order valence-electron chi connectivity index (χ3n) is 7.90. The van der Waals surface area contributed by atoms with Crippen LogP contribution < -0.4 is 10.6 Å². The van der Waals surface area contributed by atoms with Crippen LogP contribution in [0.3, 0.4) is 0 Å². The number of nitrogens with one attached hydrogen (secondary N) is 2. The highest BCUT2D eigenvalue weighted by Gasteiger charge is 2.36. The van der Waals surface area contributed by atoms with Crippen LogP contribution in [0.15, 0.2) is 12.1 Å². The van der Waals surface area contributed by atoms with Crippen LogP contribution in [0.25, 0.3) is 0 Å². The van der Waals surface area contributed by atoms with Gasteiger partial charge in [-0.2, -0.15) is 0 Å². The lowest BCUT2D eigenvalue weighted by Crippen LogP contribution is -2.55. The van der Waals surface area contributed by atoms with Gasteiger partial charge in [-0.3, -0.25) is 29.2 Å². The number of nitrogens with zero attached hydrogens (tertiary/aromatic N) is 4. The minimum atomic E-state index is -0.0833. The Bertz CT molecular complexity index is 810. The molecule has 6 aliphatic heterocycles. The van der Waals surface area contributed by atoms with Gasteiger partial charge in [0.25, 0.3) is 0 Å². The second-order valence-electron chi connectivity index (χ2n) is 9.80. The summed E-state index contributed by atoms with van der Waals surface area (Å²) in [4.78, 5) is 35.6. The van der Waals surface area contributed by atoms with Gasteiger partial charge in [0, 0.05) is 63.7 Å². The molecular formula is C24H36N6O2. The fraction of sp³-hybridized carbons (Fsp3) is 0.667. The van der Waals surface area contributed by atoms with Gasteiger partial charge in [-0.05, 0) is 63.0 Å². The van der Waals surface area contributed by atoms with Crippen molar-refractivity contribution in [3.63, 3.8) is 0 Å². The predicted molar refractivity (Wildman–Crippen MR) is 126 cm³/mol. The summed E-state index contributed by atoms with van der Waals surface area (Å²) >= 11 is 0. The number of hydrogen-bond acceptors (Lipinski definition) is 6. The van der Waals surface area contributed by atoms with Crippen molar-refractivity contribution in [3.8, 4) is 0 Å². The molecule has 6 fully saturated rings. The summed E-state index contributed by atoms with van der Waals surface area (Å²) in [6.45, 7) is 13.9. The number of carbonyl (C=O) groups excluding carboxylic acids is 2. The van der Waals surface area contributed by atoms with Gasteiger partial charge in [0.1, 0.15) is 12.1 Å². The average Bonchev–Trinajstić information content (AvgIpc) is 3.32. The molecule has 6 atom stereocenters. The second kappa shape index (κ2) is 9.09. The molecule has 1 aromatic rings. The fourth-order valence-electron chi connectivity index (χ4n) is 5.71. The van der Waals surface area contributed by atoms with Crippen molar-refractivity contribution in [2.24, 2.45) is 0 Å². The van der Waals surface area contributed by atoms with E-state index in [1.165, 1.54) is 0 Å². The average molecular weight is 441 g/mol. The van der Waals surface area contributed by atoms with Gasteiger partial charge in [-0.1, -0.05) is 0 Å². The normalized spacial score (nSPS) is 33.9. The third-order valence-corrected chi connectivity index (χ3v) is 7.90. The summed E-state index contributed by atoms with van der Waals surface area (Å²) in [7, 11) is 0. The highest BCUT2D eigenvalue weighted by molar-refractivity contribution is 5.98. The lowest BCUT2D eigenvalue weighted by molar-refractivity contribution is -0.123. The van der Waals surface area contributed by atoms with Crippen molar-refractivity contribution in [3.05, 3.63) is 23.3 Å². The van der Waals surface area contributed by atoms with Crippen LogP contribution >= 0.6 is 0 Å². The Balaban J connectivity index is 1.26. The summed E-state index contributed by atoms with van der Waals surface area (Å²) in [5, 5.41) is 6.35. The number of fused-ring (bicyclic) bond motifs is 8. The number of rotatable bonds is 4. The smallest absolute Gasteiger partial charge is 0.243 e. The van der Waals surface area contributed by atoms with Crippen LogP contribution in [0, 0.1) is 13.8 Å². The summed E-state index contributed by atoms with van der Waals surface area (Å²) < 4.78 is 0. The van der Waals surface area contributed by atoms with Crippen molar-refractivity contribution in [2.45, 2.75) is 38.8 Å². The monoisotopic (exact) mass is 440 g/mol. The van der Waals surface area contributed by atoms with Crippen LogP contribution in [0.5, 0.6) is 0 Å². The van der Waals surface area contributed by atoms with Gasteiger partial charge >= 0.3 is 0 Å². The Morgan fingerprint density at radius 1 is 0.688 bits per heavy atom. The van der Waals surface area contributed by atoms with Crippen LogP contribution in [0.2, 0.25) is 0 Å². The number of benzene rings is 1. The lowest BCUT2D eigenvalue weighted by atomic mass is 10.0. The molecule has 0 aliphatic carbocycles. The van der Waals surface area contributed by atoms with E-state index in [9.17, 15) is 9.59 Å². The van der Waals surface area contributed by atoms with Gasteiger partial charge in [0.15, 0.2) is 0 Å². The summed E-state index contributed by atoms with van der Waals surface area (Å²) in [5.74, 6) is 0.152. The number of hydrogen-bond donors (Lipinski definition) is 2. The van der Waals surface area contributed by atoms with Gasteiger partial charge < -0.3 is 10.6 Å². The summed E-state index contributed by atoms with van der Waals surface area (Å²) in [5.41, 5.74) is 3.70. The molecule has 4 bridgehead atoms. The Kier molecular flexibility index (Phi) is 6.20. The molecule has 0 saturated carbocycles. The van der Waals surface area contributed by atoms with Crippen LogP contribution in [-0.2, 0) is 9.59 Å². The maximum Gasteiger partial charge on any atom is 0.243 e. The van der Waals surface area contributed by atoms with Crippen molar-refractivity contribution in [1.82, 2.24) is 19.6 Å². The van der Waals surface area contributed by atoms with Crippen molar-refractivity contribution in [1.29, 1.82) is 0 Å². The van der Waals surface area contributed by atoms with E-state index in [1.54, 1.807) is 0 Å². The number of amides is 2. The molecular weight excluding hydrogens is 404 g/mol. The fourth-order valence-corrected chi connectivity index (χ4v) is 5.71. The molecule has 8 heteroatoms. The van der Waals surface area contributed by atoms with Crippen molar-refractivity contribution >= 4 is 23.2 Å². The second-order valence-corrected chi connectivity index (χ2v) is 9.80. The molecule has 2 amide bonds. The summed E-state index contributed by atoms with van der Waals surface area (Å²) in [6.07, 6.45) is 2.26. The minimum Gasteiger partial charge on any atom is -0.324 e. The molecule has 0 aromatic heterocycles. The van der Waals surface area contributed by atoms with Crippen LogP contribution in [0.1, 0.15) is 24.0 Å². The first kappa shape index (κ1) is 21.8. The Morgan fingerprint density at radius 3 is 1.56 bits per heavy atom. The SMILES string of the molecule is Cc1c(NC(=O)C2CN3CCCN2CC3)ccc(NC(=O)C2CN3CCCN2CC3)c1C. The van der Waals surface area contributed by atoms with Crippen molar-refractivity contribution < 1.29 is 9.59 Å². The van der Waals surface area contributed by atoms with Crippen LogP contribution in [0.4, 0.5) is 11.4 Å².